The average Bonchev–Trinajstić information content (AvgIpc) is 3.42. The summed E-state index contributed by atoms with van der Waals surface area (Å²) in [4.78, 5) is 40.1. The van der Waals surface area contributed by atoms with E-state index in [2.05, 4.69) is 123 Å². The fourth-order valence-electron chi connectivity index (χ4n) is 8.91. The molecule has 0 aliphatic carbocycles. The molecule has 9 nitrogen and oxygen atoms in total. The van der Waals surface area contributed by atoms with Crippen molar-refractivity contribution in [2.24, 2.45) is 0 Å². The van der Waals surface area contributed by atoms with Crippen molar-refractivity contribution in [2.45, 2.75) is 283 Å². The first-order chi connectivity index (χ1) is 38.9. The molecule has 0 aliphatic rings. The minimum Gasteiger partial charge on any atom is -0.756 e. The normalized spacial score (nSPS) is 14.3. The molecule has 0 radical (unpaired) electrons. The Morgan fingerprint density at radius 2 is 0.800 bits per heavy atom. The Hall–Kier alpha value is -3.33. The van der Waals surface area contributed by atoms with Crippen LogP contribution in [0.15, 0.2) is 109 Å². The molecule has 0 saturated carbocycles. The molecule has 0 bridgehead atoms. The van der Waals surface area contributed by atoms with Crippen LogP contribution < -0.4 is 10.2 Å². The lowest BCUT2D eigenvalue weighted by Gasteiger charge is -2.30. The van der Waals surface area contributed by atoms with E-state index in [1.54, 1.807) is 0 Å². The van der Waals surface area contributed by atoms with Crippen LogP contribution in [-0.4, -0.2) is 69.4 Å². The Morgan fingerprint density at radius 1 is 0.450 bits per heavy atom. The zero-order valence-corrected chi connectivity index (χ0v) is 53.4. The number of nitrogens with zero attached hydrogens (tertiary/aromatic N) is 1. The summed E-state index contributed by atoms with van der Waals surface area (Å²) in [7, 11) is 1.16. The highest BCUT2D eigenvalue weighted by atomic mass is 31.2. The zero-order chi connectivity index (χ0) is 58.6. The summed E-state index contributed by atoms with van der Waals surface area (Å²) >= 11 is 0. The molecule has 3 unspecified atom stereocenters. The first-order valence-corrected chi connectivity index (χ1v) is 34.2. The fourth-order valence-corrected chi connectivity index (χ4v) is 9.63. The summed E-state index contributed by atoms with van der Waals surface area (Å²) in [5.41, 5.74) is 0. The summed E-state index contributed by atoms with van der Waals surface area (Å²) in [6, 6.07) is -0.907. The summed E-state index contributed by atoms with van der Waals surface area (Å²) in [6.07, 6.45) is 80.5. The monoisotopic (exact) mass is 1130 g/mol. The molecule has 0 saturated heterocycles. The van der Waals surface area contributed by atoms with E-state index in [1.165, 1.54) is 96.3 Å². The van der Waals surface area contributed by atoms with Gasteiger partial charge in [0.25, 0.3) is 7.82 Å². The minimum absolute atomic E-state index is 0.0323. The maximum absolute atomic E-state index is 13.6. The van der Waals surface area contributed by atoms with Crippen molar-refractivity contribution in [1.29, 1.82) is 0 Å². The zero-order valence-electron chi connectivity index (χ0n) is 52.5. The van der Waals surface area contributed by atoms with Crippen LogP contribution in [0.2, 0.25) is 0 Å². The van der Waals surface area contributed by atoms with Crippen LogP contribution in [0.5, 0.6) is 0 Å². The lowest BCUT2D eigenvalue weighted by atomic mass is 10.0. The van der Waals surface area contributed by atoms with E-state index in [-0.39, 0.29) is 24.9 Å². The van der Waals surface area contributed by atoms with E-state index in [0.29, 0.717) is 23.9 Å². The number of nitrogens with one attached hydrogen (secondary N) is 1. The molecule has 0 fully saturated rings. The predicted molar refractivity (Wildman–Crippen MR) is 344 cm³/mol. The van der Waals surface area contributed by atoms with Crippen LogP contribution in [0.25, 0.3) is 0 Å². The van der Waals surface area contributed by atoms with Gasteiger partial charge in [0, 0.05) is 12.8 Å². The van der Waals surface area contributed by atoms with Crippen molar-refractivity contribution in [3.8, 4) is 0 Å². The van der Waals surface area contributed by atoms with Gasteiger partial charge in [0.05, 0.1) is 33.8 Å². The number of amides is 1. The van der Waals surface area contributed by atoms with E-state index in [0.717, 1.165) is 135 Å². The van der Waals surface area contributed by atoms with Crippen LogP contribution in [-0.2, 0) is 27.9 Å². The summed E-state index contributed by atoms with van der Waals surface area (Å²) < 4.78 is 30.4. The van der Waals surface area contributed by atoms with Crippen molar-refractivity contribution < 1.29 is 37.3 Å². The number of carbonyl (C=O) groups excluding carboxylic acids is 2. The third-order valence-electron chi connectivity index (χ3n) is 13.9. The third-order valence-corrected chi connectivity index (χ3v) is 14.9. The van der Waals surface area contributed by atoms with E-state index in [1.807, 2.05) is 33.3 Å². The van der Waals surface area contributed by atoms with Gasteiger partial charge >= 0.3 is 5.97 Å². The summed E-state index contributed by atoms with van der Waals surface area (Å²) in [5, 5.41) is 3.02. The first kappa shape index (κ1) is 76.7. The lowest BCUT2D eigenvalue weighted by Crippen LogP contribution is -2.47. The van der Waals surface area contributed by atoms with E-state index in [4.69, 9.17) is 13.8 Å². The molecular formula is C70H123N2O7P. The number of phosphoric ester groups is 1. The number of carbonyl (C=O) groups is 2. The largest absolute Gasteiger partial charge is 0.756 e. The smallest absolute Gasteiger partial charge is 0.306 e. The van der Waals surface area contributed by atoms with Crippen molar-refractivity contribution in [2.75, 3.05) is 40.9 Å². The molecule has 0 aliphatic heterocycles. The van der Waals surface area contributed by atoms with Crippen LogP contribution in [0.1, 0.15) is 271 Å². The van der Waals surface area contributed by atoms with Crippen LogP contribution >= 0.6 is 7.82 Å². The number of esters is 1. The lowest BCUT2D eigenvalue weighted by molar-refractivity contribution is -0.870. The molecule has 10 heteroatoms. The number of allylic oxidation sites excluding steroid dienone is 17. The van der Waals surface area contributed by atoms with Crippen molar-refractivity contribution in [3.05, 3.63) is 109 Å². The van der Waals surface area contributed by atoms with Crippen LogP contribution in [0.4, 0.5) is 0 Å². The second kappa shape index (κ2) is 58.9. The van der Waals surface area contributed by atoms with Crippen LogP contribution in [0.3, 0.4) is 0 Å². The number of rotatable bonds is 58. The first-order valence-electron chi connectivity index (χ1n) is 32.7. The molecule has 1 amide bonds. The van der Waals surface area contributed by atoms with E-state index in [9.17, 15) is 19.0 Å². The number of phosphoric acid groups is 1. The Kier molecular flexibility index (Phi) is 56.4. The fraction of sp³-hybridized carbons (Fsp3) is 0.714. The highest BCUT2D eigenvalue weighted by molar-refractivity contribution is 7.45. The van der Waals surface area contributed by atoms with Crippen molar-refractivity contribution in [3.63, 3.8) is 0 Å². The predicted octanol–water partition coefficient (Wildman–Crippen LogP) is 19.9. The number of ether oxygens (including phenoxy) is 1. The molecule has 1 N–H and O–H groups in total. The molecule has 0 rings (SSSR count). The van der Waals surface area contributed by atoms with Gasteiger partial charge in [-0.25, -0.2) is 0 Å². The Morgan fingerprint density at radius 3 is 1.23 bits per heavy atom. The van der Waals surface area contributed by atoms with Gasteiger partial charge in [-0.2, -0.15) is 0 Å². The maximum atomic E-state index is 13.6. The molecule has 0 aromatic rings. The second-order valence-electron chi connectivity index (χ2n) is 22.9. The van der Waals surface area contributed by atoms with E-state index < -0.39 is 26.6 Å². The number of hydrogen-bond acceptors (Lipinski definition) is 7. The minimum atomic E-state index is -4.71. The van der Waals surface area contributed by atoms with Gasteiger partial charge in [-0.3, -0.25) is 14.2 Å². The van der Waals surface area contributed by atoms with Gasteiger partial charge in [0.1, 0.15) is 19.3 Å². The number of unbranched alkanes of at least 4 members (excludes halogenated alkanes) is 26. The van der Waals surface area contributed by atoms with Gasteiger partial charge in [-0.05, 0) is 115 Å². The van der Waals surface area contributed by atoms with E-state index >= 15 is 0 Å². The molecule has 0 heterocycles. The van der Waals surface area contributed by atoms with Crippen molar-refractivity contribution >= 4 is 19.7 Å². The van der Waals surface area contributed by atoms with Gasteiger partial charge in [-0.15, -0.1) is 0 Å². The molecule has 0 aromatic carbocycles. The van der Waals surface area contributed by atoms with Gasteiger partial charge in [0.2, 0.25) is 5.91 Å². The molecule has 3 atom stereocenters. The van der Waals surface area contributed by atoms with Crippen molar-refractivity contribution in [1.82, 2.24) is 5.32 Å². The number of hydrogen-bond donors (Lipinski definition) is 1. The Labute approximate surface area is 493 Å². The topological polar surface area (TPSA) is 114 Å². The summed E-state index contributed by atoms with van der Waals surface area (Å²) in [6.45, 7) is 6.68. The van der Waals surface area contributed by atoms with Crippen LogP contribution in [0, 0.1) is 0 Å². The Balaban J connectivity index is 5.24. The molecule has 0 spiro atoms. The standard InChI is InChI=1S/C70H123N2O7P/c1-7-10-13-16-19-22-25-28-30-32-34-35-36-37-39-40-42-44-47-50-53-56-59-62-69(73)71-67(66-78-80(75,76)77-65-64-72(4,5)6)68(61-58-55-52-49-46-27-24-21-18-15-12-9-3)79-70(74)63-60-57-54-51-48-45-43-41-38-33-31-29-26-23-20-17-14-11-8-2/h10,13,19-20,22-23,28-31,34-35,37-39,41,58,61,67-68H,7-9,11-12,14-18,21,24-27,32-33,36,40,42-57,59-60,62-66H2,1-6H3,(H-,71,73,75,76)/b13-10-,22-19-,23-20-,30-28-,31-29-,35-34-,39-37-,41-38-,61-58-. The van der Waals surface area contributed by atoms with Gasteiger partial charge in [0.15, 0.2) is 0 Å². The average molecular weight is 1140 g/mol. The van der Waals surface area contributed by atoms with Gasteiger partial charge < -0.3 is 28.5 Å². The highest BCUT2D eigenvalue weighted by Crippen LogP contribution is 2.38. The number of likely N-dealkylation sites (N-methyl/N-ethyl adjacent to an activating group) is 1. The molecule has 460 valence electrons. The maximum Gasteiger partial charge on any atom is 0.306 e. The third kappa shape index (κ3) is 59.3. The van der Waals surface area contributed by atoms with Gasteiger partial charge in [-0.1, -0.05) is 252 Å². The second-order valence-corrected chi connectivity index (χ2v) is 24.3. The highest BCUT2D eigenvalue weighted by Gasteiger charge is 2.27. The molecule has 0 aromatic heterocycles. The SMILES string of the molecule is CC/C=C\C/C=C\C/C=C\C/C=C\C/C=C\CCCCCCCCCC(=O)NC(COP(=O)([O-])OCC[N+](C)(C)C)C(/C=C\CCCCCCCCCCCC)OC(=O)CCCCCCCC/C=C\C/C=C\C/C=C\CCCCC. The molecular weight excluding hydrogens is 1010 g/mol. The Bertz CT molecular complexity index is 1740. The number of quaternary nitrogens is 1. The molecule has 80 heavy (non-hydrogen) atoms. The quantitative estimate of drug-likeness (QED) is 0.0212. The summed E-state index contributed by atoms with van der Waals surface area (Å²) in [5.74, 6) is -0.572.